The molecule has 6 nitrogen and oxygen atoms in total. The first-order valence-corrected chi connectivity index (χ1v) is 5.08. The molecule has 0 aliphatic heterocycles. The van der Waals surface area contributed by atoms with Gasteiger partial charge in [0, 0.05) is 16.4 Å². The average molecular weight is 273 g/mol. The summed E-state index contributed by atoms with van der Waals surface area (Å²) in [6, 6.07) is -0.918. The third kappa shape index (κ3) is 4.84. The highest BCUT2D eigenvalue weighted by atomic mass is 19.4. The molecule has 0 aliphatic rings. The number of carbonyl (C=O) groups excluding carboxylic acids is 1. The summed E-state index contributed by atoms with van der Waals surface area (Å²) in [6.45, 7) is 2.33. The number of hydrogen-bond donors (Lipinski definition) is 2. The van der Waals surface area contributed by atoms with E-state index in [0.29, 0.717) is 13.3 Å². The van der Waals surface area contributed by atoms with Crippen LogP contribution in [0.25, 0.3) is 0 Å². The molecule has 0 heterocycles. The highest BCUT2D eigenvalue weighted by Gasteiger charge is 2.42. The van der Waals surface area contributed by atoms with Crippen LogP contribution in [0, 0.1) is 0 Å². The van der Waals surface area contributed by atoms with Gasteiger partial charge >= 0.3 is 6.03 Å². The Labute approximate surface area is 101 Å². The fourth-order valence-corrected chi connectivity index (χ4v) is 1.05. The van der Waals surface area contributed by atoms with Crippen molar-refractivity contribution in [2.24, 2.45) is 10.8 Å². The molecular formula is C8H15F4N5O. The molecule has 0 aromatic heterocycles. The van der Waals surface area contributed by atoms with Gasteiger partial charge in [0.05, 0.1) is 0 Å². The Morgan fingerprint density at radius 3 is 2.17 bits per heavy atom. The van der Waals surface area contributed by atoms with Crippen molar-refractivity contribution in [1.82, 2.24) is 16.1 Å². The van der Waals surface area contributed by atoms with Crippen LogP contribution in [0.4, 0.5) is 22.7 Å². The summed E-state index contributed by atoms with van der Waals surface area (Å²) >= 11 is 0. The number of carbonyl (C=O) groups is 1. The number of rotatable bonds is 7. The largest absolute Gasteiger partial charge is 0.350 e. The quantitative estimate of drug-likeness (QED) is 0.245. The minimum atomic E-state index is -2.71. The van der Waals surface area contributed by atoms with Gasteiger partial charge < -0.3 is 5.73 Å². The molecule has 0 fully saturated rings. The molecule has 10 heteroatoms. The average Bonchev–Trinajstić information content (AvgIpc) is 2.27. The summed E-state index contributed by atoms with van der Waals surface area (Å²) in [5.74, 6) is 0. The zero-order valence-electron chi connectivity index (χ0n) is 9.96. The maximum Gasteiger partial charge on any atom is 0.332 e. The van der Waals surface area contributed by atoms with Crippen LogP contribution in [-0.2, 0) is 0 Å². The Kier molecular flexibility index (Phi) is 6.55. The van der Waals surface area contributed by atoms with Crippen LogP contribution < -0.4 is 11.2 Å². The second-order valence-corrected chi connectivity index (χ2v) is 3.69. The normalized spacial score (nSPS) is 13.2. The van der Waals surface area contributed by atoms with E-state index in [-0.39, 0.29) is 12.1 Å². The molecule has 0 radical (unpaired) electrons. The van der Waals surface area contributed by atoms with Gasteiger partial charge in [0.15, 0.2) is 5.66 Å². The molecule has 0 bridgehead atoms. The summed E-state index contributed by atoms with van der Waals surface area (Å²) in [5.41, 5.74) is 4.25. The van der Waals surface area contributed by atoms with Crippen molar-refractivity contribution in [3.63, 3.8) is 0 Å². The first kappa shape index (κ1) is 16.6. The van der Waals surface area contributed by atoms with E-state index >= 15 is 0 Å². The molecule has 0 atom stereocenters. The minimum Gasteiger partial charge on any atom is -0.350 e. The topological polar surface area (TPSA) is 74.0 Å². The number of hydrazone groups is 1. The standard InChI is InChI=1S/C8H15F4N5O/c1-3-6(14-15-7(13)18)4-5-8(2,16(9)10)17(11)12/h3-5H2,1-2H3,(H3,13,15,18)/b14-6-. The molecule has 106 valence electrons. The van der Waals surface area contributed by atoms with Crippen LogP contribution in [0.5, 0.6) is 0 Å². The number of primary amides is 1. The number of nitrogens with zero attached hydrogens (tertiary/aromatic N) is 3. The maximum absolute atomic E-state index is 12.4. The van der Waals surface area contributed by atoms with Crippen LogP contribution in [0.3, 0.4) is 0 Å². The van der Waals surface area contributed by atoms with Gasteiger partial charge in [-0.15, -0.1) is 0 Å². The monoisotopic (exact) mass is 273 g/mol. The van der Waals surface area contributed by atoms with E-state index < -0.39 is 28.8 Å². The molecule has 0 saturated heterocycles. The van der Waals surface area contributed by atoms with Crippen LogP contribution in [-0.4, -0.2) is 28.1 Å². The van der Waals surface area contributed by atoms with Gasteiger partial charge in [0.1, 0.15) is 0 Å². The highest BCUT2D eigenvalue weighted by Crippen LogP contribution is 2.28. The predicted octanol–water partition coefficient (Wildman–Crippen LogP) is 2.06. The van der Waals surface area contributed by atoms with Gasteiger partial charge in [-0.3, -0.25) is 0 Å². The zero-order valence-corrected chi connectivity index (χ0v) is 9.96. The van der Waals surface area contributed by atoms with Gasteiger partial charge in [-0.05, 0) is 26.2 Å². The van der Waals surface area contributed by atoms with Gasteiger partial charge in [-0.2, -0.15) is 5.10 Å². The maximum atomic E-state index is 12.4. The molecular weight excluding hydrogens is 258 g/mol. The zero-order chi connectivity index (χ0) is 14.3. The summed E-state index contributed by atoms with van der Waals surface area (Å²) in [4.78, 5) is 10.4. The molecule has 0 rings (SSSR count). The summed E-state index contributed by atoms with van der Waals surface area (Å²) in [6.07, 6.45) is -0.393. The Morgan fingerprint density at radius 1 is 1.33 bits per heavy atom. The molecule has 0 aromatic carbocycles. The molecule has 0 saturated carbocycles. The summed E-state index contributed by atoms with van der Waals surface area (Å²) in [7, 11) is 0. The number of halogens is 4. The number of hydrogen-bond acceptors (Lipinski definition) is 4. The molecule has 0 spiro atoms. The Hall–Kier alpha value is -1.42. The lowest BCUT2D eigenvalue weighted by atomic mass is 10.0. The molecule has 0 aromatic rings. The van der Waals surface area contributed by atoms with E-state index in [0.717, 1.165) is 0 Å². The van der Waals surface area contributed by atoms with Crippen LogP contribution in [0.15, 0.2) is 5.10 Å². The number of nitrogens with two attached hydrogens (primary N) is 1. The van der Waals surface area contributed by atoms with Gasteiger partial charge in [0.2, 0.25) is 0 Å². The fourth-order valence-electron chi connectivity index (χ4n) is 1.05. The lowest BCUT2D eigenvalue weighted by Gasteiger charge is -2.28. The van der Waals surface area contributed by atoms with E-state index in [2.05, 4.69) is 5.10 Å². The molecule has 18 heavy (non-hydrogen) atoms. The summed E-state index contributed by atoms with van der Waals surface area (Å²) in [5, 5.41) is 0.393. The third-order valence-corrected chi connectivity index (χ3v) is 2.35. The molecule has 3 N–H and O–H groups in total. The van der Waals surface area contributed by atoms with E-state index in [1.165, 1.54) is 0 Å². The van der Waals surface area contributed by atoms with Gasteiger partial charge in [-0.1, -0.05) is 24.8 Å². The van der Waals surface area contributed by atoms with Crippen molar-refractivity contribution in [2.45, 2.75) is 38.8 Å². The lowest BCUT2D eigenvalue weighted by Crippen LogP contribution is -2.46. The van der Waals surface area contributed by atoms with Crippen molar-refractivity contribution in [1.29, 1.82) is 0 Å². The van der Waals surface area contributed by atoms with Crippen molar-refractivity contribution >= 4 is 11.7 Å². The molecule has 2 amide bonds. The lowest BCUT2D eigenvalue weighted by molar-refractivity contribution is -0.366. The van der Waals surface area contributed by atoms with Crippen LogP contribution in [0.1, 0.15) is 33.1 Å². The van der Waals surface area contributed by atoms with Crippen molar-refractivity contribution in [3.8, 4) is 0 Å². The SMILES string of the molecule is CC/C(CCC(C)(N(F)F)N(F)F)=N/NC(N)=O. The number of nitrogens with one attached hydrogen (secondary N) is 1. The van der Waals surface area contributed by atoms with E-state index in [9.17, 15) is 22.7 Å². The second-order valence-electron chi connectivity index (χ2n) is 3.69. The Bertz CT molecular complexity index is 302. The van der Waals surface area contributed by atoms with Crippen LogP contribution >= 0.6 is 0 Å². The van der Waals surface area contributed by atoms with E-state index in [1.54, 1.807) is 6.92 Å². The van der Waals surface area contributed by atoms with Gasteiger partial charge in [0.25, 0.3) is 0 Å². The number of urea groups is 1. The highest BCUT2D eigenvalue weighted by molar-refractivity contribution is 5.85. The third-order valence-electron chi connectivity index (χ3n) is 2.35. The Morgan fingerprint density at radius 2 is 1.83 bits per heavy atom. The summed E-state index contributed by atoms with van der Waals surface area (Å²) < 4.78 is 49.5. The van der Waals surface area contributed by atoms with Gasteiger partial charge in [-0.25, -0.2) is 10.2 Å². The second kappa shape index (κ2) is 7.11. The van der Waals surface area contributed by atoms with Crippen molar-refractivity contribution < 1.29 is 22.7 Å². The fraction of sp³-hybridized carbons (Fsp3) is 0.750. The van der Waals surface area contributed by atoms with Crippen molar-refractivity contribution in [2.75, 3.05) is 0 Å². The molecule has 0 unspecified atom stereocenters. The minimum absolute atomic E-state index is 0.137. The van der Waals surface area contributed by atoms with E-state index in [4.69, 9.17) is 5.73 Å². The predicted molar refractivity (Wildman–Crippen MR) is 56.2 cm³/mol. The van der Waals surface area contributed by atoms with Crippen molar-refractivity contribution in [3.05, 3.63) is 0 Å². The van der Waals surface area contributed by atoms with E-state index in [1.807, 2.05) is 5.43 Å². The smallest absolute Gasteiger partial charge is 0.332 e. The first-order valence-electron chi connectivity index (χ1n) is 5.08. The molecule has 0 aliphatic carbocycles. The first-order chi connectivity index (χ1) is 8.24. The Balaban J connectivity index is 4.59. The number of amides is 2. The van der Waals surface area contributed by atoms with Crippen LogP contribution in [0.2, 0.25) is 0 Å².